The van der Waals surface area contributed by atoms with Gasteiger partial charge in [-0.25, -0.2) is 13.6 Å². The van der Waals surface area contributed by atoms with E-state index in [2.05, 4.69) is 20.2 Å². The average molecular weight is 693 g/mol. The molecule has 0 fully saturated rings. The third-order valence-electron chi connectivity index (χ3n) is 8.40. The lowest BCUT2D eigenvalue weighted by molar-refractivity contribution is -0.133. The van der Waals surface area contributed by atoms with Crippen molar-refractivity contribution in [3.05, 3.63) is 137 Å². The fraction of sp³-hybridized carbons (Fsp3) is 0.184. The molecule has 0 saturated heterocycles. The van der Waals surface area contributed by atoms with Crippen LogP contribution in [0.15, 0.2) is 91.3 Å². The van der Waals surface area contributed by atoms with E-state index in [0.717, 1.165) is 49.5 Å². The Morgan fingerprint density at radius 1 is 0.784 bits per heavy atom. The highest BCUT2D eigenvalue weighted by atomic mass is 19.1. The Kier molecular flexibility index (Phi) is 8.88. The van der Waals surface area contributed by atoms with E-state index in [-0.39, 0.29) is 28.2 Å². The maximum atomic E-state index is 15.4. The molecule has 0 radical (unpaired) electrons. The highest BCUT2D eigenvalue weighted by Crippen LogP contribution is 2.58. The minimum atomic E-state index is -1.86. The summed E-state index contributed by atoms with van der Waals surface area (Å²) in [5.41, 5.74) is 1.10. The van der Waals surface area contributed by atoms with Gasteiger partial charge in [0.15, 0.2) is 28.7 Å². The van der Waals surface area contributed by atoms with Gasteiger partial charge < -0.3 is 24.3 Å². The van der Waals surface area contributed by atoms with Crippen LogP contribution >= 0.6 is 0 Å². The standard InChI is InChI=1S/C38H30F2N4O7/c1-22(45)48-35-18-33-29(16-31(35)39)38(30-17-32(40)36(49-23(2)46)19-34(30)50-33)28-10-9-24(15-27(28)37(47)51-38)43-13-14-44(20-25-7-3-5-11-41-25)21-26-8-4-6-12-42-26/h3-12,15-19,43H,13-14,20-21H2,1-2H3. The number of anilines is 1. The molecule has 258 valence electrons. The Hall–Kier alpha value is -6.21. The Bertz CT molecular complexity index is 2050. The fourth-order valence-electron chi connectivity index (χ4n) is 6.31. The number of carbonyl (C=O) groups is 3. The molecule has 2 aliphatic heterocycles. The summed E-state index contributed by atoms with van der Waals surface area (Å²) in [6.07, 6.45) is 3.50. The molecule has 51 heavy (non-hydrogen) atoms. The number of benzene rings is 3. The summed E-state index contributed by atoms with van der Waals surface area (Å²) in [4.78, 5) is 48.1. The third kappa shape index (κ3) is 6.58. The molecule has 2 aliphatic rings. The third-order valence-corrected chi connectivity index (χ3v) is 8.40. The van der Waals surface area contributed by atoms with E-state index in [1.807, 2.05) is 36.4 Å². The number of hydrogen-bond donors (Lipinski definition) is 1. The first-order valence-electron chi connectivity index (χ1n) is 16.0. The number of nitrogens with zero attached hydrogens (tertiary/aromatic N) is 3. The number of aromatic nitrogens is 2. The van der Waals surface area contributed by atoms with Crippen molar-refractivity contribution in [2.24, 2.45) is 0 Å². The number of esters is 3. The molecule has 4 heterocycles. The van der Waals surface area contributed by atoms with Gasteiger partial charge in [-0.05, 0) is 48.5 Å². The van der Waals surface area contributed by atoms with Crippen LogP contribution in [-0.2, 0) is 33.0 Å². The first-order valence-corrected chi connectivity index (χ1v) is 16.0. The van der Waals surface area contributed by atoms with Crippen molar-refractivity contribution in [3.8, 4) is 23.0 Å². The molecule has 0 unspecified atom stereocenters. The van der Waals surface area contributed by atoms with Crippen LogP contribution in [0.25, 0.3) is 0 Å². The van der Waals surface area contributed by atoms with E-state index >= 15 is 8.78 Å². The van der Waals surface area contributed by atoms with Gasteiger partial charge in [0, 0.05) is 75.8 Å². The Labute approximate surface area is 290 Å². The summed E-state index contributed by atoms with van der Waals surface area (Å²) < 4.78 is 53.0. The Morgan fingerprint density at radius 2 is 1.35 bits per heavy atom. The molecule has 11 nitrogen and oxygen atoms in total. The van der Waals surface area contributed by atoms with E-state index in [9.17, 15) is 14.4 Å². The van der Waals surface area contributed by atoms with E-state index in [1.54, 1.807) is 30.6 Å². The number of halogens is 2. The molecule has 0 atom stereocenters. The number of carbonyl (C=O) groups excluding carboxylic acids is 3. The highest BCUT2D eigenvalue weighted by molar-refractivity contribution is 5.98. The van der Waals surface area contributed by atoms with Crippen LogP contribution in [0.5, 0.6) is 23.0 Å². The SMILES string of the molecule is CC(=O)Oc1cc2c(cc1F)C1(OC(=O)c3cc(NCCN(Cc4ccccn4)Cc4ccccn4)ccc31)c1cc(F)c(OC(C)=O)cc1O2. The lowest BCUT2D eigenvalue weighted by atomic mass is 9.77. The van der Waals surface area contributed by atoms with Gasteiger partial charge in [-0.15, -0.1) is 0 Å². The summed E-state index contributed by atoms with van der Waals surface area (Å²) in [7, 11) is 0. The Morgan fingerprint density at radius 3 is 1.86 bits per heavy atom. The van der Waals surface area contributed by atoms with Crippen molar-refractivity contribution < 1.29 is 42.1 Å². The molecule has 0 aliphatic carbocycles. The van der Waals surface area contributed by atoms with Gasteiger partial charge in [-0.3, -0.25) is 24.5 Å². The number of ether oxygens (including phenoxy) is 4. The second-order valence-corrected chi connectivity index (χ2v) is 12.0. The number of fused-ring (bicyclic) bond motifs is 6. The lowest BCUT2D eigenvalue weighted by Gasteiger charge is -2.36. The van der Waals surface area contributed by atoms with Gasteiger partial charge in [0.05, 0.1) is 28.1 Å². The van der Waals surface area contributed by atoms with Crippen LogP contribution in [0.1, 0.15) is 52.3 Å². The summed E-state index contributed by atoms with van der Waals surface area (Å²) in [6.45, 7) is 4.50. The fourth-order valence-corrected chi connectivity index (χ4v) is 6.31. The maximum absolute atomic E-state index is 15.4. The predicted octanol–water partition coefficient (Wildman–Crippen LogP) is 6.29. The quantitative estimate of drug-likeness (QED) is 0.131. The van der Waals surface area contributed by atoms with Crippen LogP contribution in [0.2, 0.25) is 0 Å². The van der Waals surface area contributed by atoms with Crippen molar-refractivity contribution in [3.63, 3.8) is 0 Å². The summed E-state index contributed by atoms with van der Waals surface area (Å²) in [5, 5.41) is 3.36. The van der Waals surface area contributed by atoms with Crippen LogP contribution in [0.4, 0.5) is 14.5 Å². The molecule has 0 bridgehead atoms. The van der Waals surface area contributed by atoms with E-state index in [0.29, 0.717) is 37.4 Å². The number of pyridine rings is 2. The monoisotopic (exact) mass is 692 g/mol. The molecule has 13 heteroatoms. The molecular weight excluding hydrogens is 662 g/mol. The molecule has 1 N–H and O–H groups in total. The average Bonchev–Trinajstić information content (AvgIpc) is 3.38. The molecule has 0 saturated carbocycles. The van der Waals surface area contributed by atoms with Crippen molar-refractivity contribution in [1.29, 1.82) is 0 Å². The molecule has 5 aromatic rings. The van der Waals surface area contributed by atoms with Crippen LogP contribution in [0, 0.1) is 11.6 Å². The maximum Gasteiger partial charge on any atom is 0.340 e. The second kappa shape index (κ2) is 13.6. The van der Waals surface area contributed by atoms with E-state index in [4.69, 9.17) is 18.9 Å². The van der Waals surface area contributed by atoms with E-state index < -0.39 is 46.6 Å². The van der Waals surface area contributed by atoms with Gasteiger partial charge in [0.2, 0.25) is 0 Å². The normalized spacial score (nSPS) is 13.5. The largest absolute Gasteiger partial charge is 0.456 e. The van der Waals surface area contributed by atoms with Gasteiger partial charge in [-0.1, -0.05) is 18.2 Å². The zero-order valence-corrected chi connectivity index (χ0v) is 27.4. The molecule has 7 rings (SSSR count). The molecular formula is C38H30F2N4O7. The lowest BCUT2D eigenvalue weighted by Crippen LogP contribution is -2.33. The topological polar surface area (TPSA) is 129 Å². The molecule has 3 aromatic carbocycles. The summed E-state index contributed by atoms with van der Waals surface area (Å²) >= 11 is 0. The van der Waals surface area contributed by atoms with Gasteiger partial charge in [0.25, 0.3) is 0 Å². The smallest absolute Gasteiger partial charge is 0.340 e. The first kappa shape index (κ1) is 33.3. The predicted molar refractivity (Wildman–Crippen MR) is 178 cm³/mol. The number of hydrogen-bond acceptors (Lipinski definition) is 11. The summed E-state index contributed by atoms with van der Waals surface area (Å²) in [5.74, 6) is -5.05. The van der Waals surface area contributed by atoms with Gasteiger partial charge in [0.1, 0.15) is 11.5 Å². The van der Waals surface area contributed by atoms with Gasteiger partial charge >= 0.3 is 17.9 Å². The minimum Gasteiger partial charge on any atom is -0.456 e. The zero-order valence-electron chi connectivity index (χ0n) is 27.4. The van der Waals surface area contributed by atoms with Crippen molar-refractivity contribution >= 4 is 23.6 Å². The van der Waals surface area contributed by atoms with E-state index in [1.165, 1.54) is 0 Å². The van der Waals surface area contributed by atoms with Crippen LogP contribution in [0.3, 0.4) is 0 Å². The van der Waals surface area contributed by atoms with Crippen molar-refractivity contribution in [2.45, 2.75) is 32.5 Å². The van der Waals surface area contributed by atoms with Crippen LogP contribution in [-0.4, -0.2) is 45.9 Å². The van der Waals surface area contributed by atoms with Crippen molar-refractivity contribution in [2.75, 3.05) is 18.4 Å². The number of nitrogens with one attached hydrogen (secondary N) is 1. The van der Waals surface area contributed by atoms with Crippen molar-refractivity contribution in [1.82, 2.24) is 14.9 Å². The second-order valence-electron chi connectivity index (χ2n) is 12.0. The van der Waals surface area contributed by atoms with Gasteiger partial charge in [-0.2, -0.15) is 0 Å². The highest BCUT2D eigenvalue weighted by Gasteiger charge is 2.54. The minimum absolute atomic E-state index is 0.0238. The molecule has 1 spiro atoms. The molecule has 0 amide bonds. The molecule has 2 aromatic heterocycles. The number of rotatable bonds is 10. The Balaban J connectivity index is 1.22. The summed E-state index contributed by atoms with van der Waals surface area (Å²) in [6, 6.07) is 20.9. The van der Waals surface area contributed by atoms with Crippen LogP contribution < -0.4 is 19.5 Å². The zero-order chi connectivity index (χ0) is 35.7. The first-order chi connectivity index (χ1) is 24.6.